The van der Waals surface area contributed by atoms with Crippen molar-refractivity contribution in [2.45, 2.75) is 32.0 Å². The Morgan fingerprint density at radius 1 is 0.667 bits per heavy atom. The third-order valence-corrected chi connectivity index (χ3v) is 8.91. The van der Waals surface area contributed by atoms with Gasteiger partial charge in [0.1, 0.15) is 11.6 Å². The minimum Gasteiger partial charge on any atom is -0.497 e. The molecule has 0 amide bonds. The molecule has 0 saturated carbocycles. The number of ether oxygens (including phenoxy) is 4. The van der Waals surface area contributed by atoms with Crippen molar-refractivity contribution in [3.05, 3.63) is 114 Å². The molecule has 0 aliphatic carbocycles. The number of pyridine rings is 2. The molecule has 0 radical (unpaired) electrons. The van der Waals surface area contributed by atoms with Crippen LogP contribution in [0.5, 0.6) is 23.0 Å². The summed E-state index contributed by atoms with van der Waals surface area (Å²) in [7, 11) is 6.52. The average molecular weight is 758 g/mol. The number of rotatable bonds is 12. The van der Waals surface area contributed by atoms with E-state index in [0.29, 0.717) is 23.3 Å². The molecule has 1 aliphatic rings. The molecule has 6 rings (SSSR count). The monoisotopic (exact) mass is 756 g/mol. The van der Waals surface area contributed by atoms with Crippen molar-refractivity contribution >= 4 is 42.9 Å². The molecule has 3 aromatic carbocycles. The zero-order valence-electron chi connectivity index (χ0n) is 29.1. The number of methoxy groups -OCH3 is 4. The van der Waals surface area contributed by atoms with Crippen molar-refractivity contribution < 1.29 is 23.3 Å². The average Bonchev–Trinajstić information content (AvgIpc) is 3.14. The van der Waals surface area contributed by atoms with Gasteiger partial charge in [0.2, 0.25) is 5.75 Å². The van der Waals surface area contributed by atoms with E-state index in [0.717, 1.165) is 78.5 Å². The molecule has 0 spiro atoms. The lowest BCUT2D eigenvalue weighted by molar-refractivity contribution is 0.201. The van der Waals surface area contributed by atoms with Gasteiger partial charge in [0.25, 0.3) is 0 Å². The first-order chi connectivity index (χ1) is 23.5. The van der Waals surface area contributed by atoms with Crippen molar-refractivity contribution in [3.8, 4) is 45.5 Å². The number of anilines is 1. The Bertz CT molecular complexity index is 1800. The fourth-order valence-corrected chi connectivity index (χ4v) is 6.36. The Morgan fingerprint density at radius 2 is 1.24 bits per heavy atom. The second-order valence-corrected chi connectivity index (χ2v) is 11.9. The Labute approximate surface area is 318 Å². The molecule has 1 fully saturated rings. The van der Waals surface area contributed by atoms with Crippen LogP contribution in [0, 0.1) is 5.82 Å². The predicted molar refractivity (Wildman–Crippen MR) is 208 cm³/mol. The summed E-state index contributed by atoms with van der Waals surface area (Å²) in [6.45, 7) is 3.51. The fraction of sp³-hybridized carbons (Fsp3) is 0.282. The molecule has 0 bridgehead atoms. The van der Waals surface area contributed by atoms with Gasteiger partial charge in [0.05, 0.1) is 39.8 Å². The molecule has 0 unspecified atom stereocenters. The number of benzene rings is 3. The van der Waals surface area contributed by atoms with Crippen molar-refractivity contribution in [1.82, 2.24) is 14.9 Å². The molecule has 272 valence electrons. The van der Waals surface area contributed by atoms with Gasteiger partial charge in [-0.15, -0.1) is 37.2 Å². The molecule has 2 aromatic heterocycles. The lowest BCUT2D eigenvalue weighted by Gasteiger charge is -2.40. The van der Waals surface area contributed by atoms with Crippen molar-refractivity contribution in [3.63, 3.8) is 0 Å². The summed E-state index contributed by atoms with van der Waals surface area (Å²) < 4.78 is 35.6. The van der Waals surface area contributed by atoms with E-state index in [1.807, 2.05) is 36.7 Å². The molecule has 8 nitrogen and oxygen atoms in total. The van der Waals surface area contributed by atoms with Crippen LogP contribution in [0.2, 0.25) is 0 Å². The summed E-state index contributed by atoms with van der Waals surface area (Å²) in [6.07, 6.45) is 5.74. The van der Waals surface area contributed by atoms with Gasteiger partial charge in [-0.2, -0.15) is 0 Å². The first-order valence-electron chi connectivity index (χ1n) is 16.1. The minimum atomic E-state index is -0.246. The maximum Gasteiger partial charge on any atom is 0.203 e. The number of hydrogen-bond acceptors (Lipinski definition) is 8. The summed E-state index contributed by atoms with van der Waals surface area (Å²) >= 11 is 0. The second kappa shape index (κ2) is 19.4. The Morgan fingerprint density at radius 3 is 1.80 bits per heavy atom. The van der Waals surface area contributed by atoms with Crippen LogP contribution in [-0.2, 0) is 13.1 Å². The molecule has 1 aliphatic heterocycles. The molecule has 1 saturated heterocycles. The van der Waals surface area contributed by atoms with E-state index in [1.54, 1.807) is 40.6 Å². The zero-order valence-corrected chi connectivity index (χ0v) is 31.5. The van der Waals surface area contributed by atoms with E-state index in [4.69, 9.17) is 23.9 Å². The van der Waals surface area contributed by atoms with E-state index in [1.165, 1.54) is 17.7 Å². The lowest BCUT2D eigenvalue weighted by atomic mass is 10.00. The molecule has 0 atom stereocenters. The quantitative estimate of drug-likeness (QED) is 0.125. The number of nitrogens with zero attached hydrogens (tertiary/aromatic N) is 4. The van der Waals surface area contributed by atoms with Gasteiger partial charge in [-0.3, -0.25) is 14.9 Å². The van der Waals surface area contributed by atoms with Crippen LogP contribution in [0.25, 0.3) is 22.5 Å². The number of hydrogen-bond donors (Lipinski definition) is 0. The Hall–Kier alpha value is -4.28. The number of likely N-dealkylation sites (tertiary alicyclic amines) is 1. The van der Waals surface area contributed by atoms with Crippen molar-refractivity contribution in [2.75, 3.05) is 46.4 Å². The first-order valence-corrected chi connectivity index (χ1v) is 16.1. The van der Waals surface area contributed by atoms with E-state index in [2.05, 4.69) is 51.2 Å². The Kier molecular flexibility index (Phi) is 15.6. The van der Waals surface area contributed by atoms with E-state index < -0.39 is 0 Å². The Balaban J connectivity index is 0.00000234. The van der Waals surface area contributed by atoms with Crippen LogP contribution in [-0.4, -0.2) is 62.4 Å². The van der Waals surface area contributed by atoms with Gasteiger partial charge in [0, 0.05) is 61.4 Å². The van der Waals surface area contributed by atoms with Crippen LogP contribution in [0.1, 0.15) is 24.0 Å². The van der Waals surface area contributed by atoms with E-state index in [-0.39, 0.29) is 43.0 Å². The van der Waals surface area contributed by atoms with Gasteiger partial charge in [-0.25, -0.2) is 4.39 Å². The summed E-state index contributed by atoms with van der Waals surface area (Å²) in [4.78, 5) is 14.2. The lowest BCUT2D eigenvalue weighted by Crippen LogP contribution is -2.44. The largest absolute Gasteiger partial charge is 0.497 e. The smallest absolute Gasteiger partial charge is 0.203 e. The highest BCUT2D eigenvalue weighted by atomic mass is 35.5. The highest BCUT2D eigenvalue weighted by molar-refractivity contribution is 5.86. The maximum atomic E-state index is 13.5. The summed E-state index contributed by atoms with van der Waals surface area (Å²) in [5.41, 5.74) is 6.98. The van der Waals surface area contributed by atoms with Gasteiger partial charge in [0.15, 0.2) is 11.5 Å². The van der Waals surface area contributed by atoms with Crippen LogP contribution < -0.4 is 23.8 Å². The summed E-state index contributed by atoms with van der Waals surface area (Å²) in [6, 6.07) is 27.4. The summed E-state index contributed by atoms with van der Waals surface area (Å²) in [5.74, 6) is 2.31. The number of piperidine rings is 1. The summed E-state index contributed by atoms with van der Waals surface area (Å²) in [5, 5.41) is 0. The van der Waals surface area contributed by atoms with Gasteiger partial charge < -0.3 is 23.8 Å². The highest BCUT2D eigenvalue weighted by Gasteiger charge is 2.26. The third-order valence-electron chi connectivity index (χ3n) is 8.91. The molecular formula is C39H44Cl3FN4O4. The van der Waals surface area contributed by atoms with Crippen LogP contribution in [0.15, 0.2) is 97.3 Å². The molecule has 12 heteroatoms. The van der Waals surface area contributed by atoms with Gasteiger partial charge >= 0.3 is 0 Å². The second-order valence-electron chi connectivity index (χ2n) is 11.9. The van der Waals surface area contributed by atoms with Gasteiger partial charge in [-0.05, 0) is 109 Å². The normalized spacial score (nSPS) is 12.8. The molecule has 3 heterocycles. The maximum absolute atomic E-state index is 13.5. The van der Waals surface area contributed by atoms with Crippen molar-refractivity contribution in [2.24, 2.45) is 0 Å². The topological polar surface area (TPSA) is 69.2 Å². The van der Waals surface area contributed by atoms with E-state index in [9.17, 15) is 4.39 Å². The van der Waals surface area contributed by atoms with Crippen LogP contribution in [0.3, 0.4) is 0 Å². The zero-order chi connectivity index (χ0) is 33.5. The fourth-order valence-electron chi connectivity index (χ4n) is 6.36. The number of halogens is 4. The molecule has 0 N–H and O–H groups in total. The highest BCUT2D eigenvalue weighted by Crippen LogP contribution is 2.41. The van der Waals surface area contributed by atoms with Crippen molar-refractivity contribution in [1.29, 1.82) is 0 Å². The minimum absolute atomic E-state index is 0. The van der Waals surface area contributed by atoms with Crippen LogP contribution >= 0.6 is 37.2 Å². The molecule has 51 heavy (non-hydrogen) atoms. The predicted octanol–water partition coefficient (Wildman–Crippen LogP) is 8.92. The van der Waals surface area contributed by atoms with Gasteiger partial charge in [-0.1, -0.05) is 0 Å². The number of aromatic nitrogens is 2. The standard InChI is InChI=1S/C39H41FN4O4.3ClH/c1-45-34-11-9-32(10-12-34)44(26-28-14-18-42-36(22-28)30-23-37(46-2)39(48-4)38(24-30)47-3)33-15-19-43(20-16-33)25-27-13-17-41-35(21-27)29-5-7-31(40)8-6-29;;;/h5-14,17-18,21-24,33H,15-16,19-20,25-26H2,1-4H3;3*1H. The van der Waals surface area contributed by atoms with Crippen LogP contribution in [0.4, 0.5) is 10.1 Å². The molecule has 5 aromatic rings. The molecular weight excluding hydrogens is 714 g/mol. The first kappa shape index (κ1) is 41.1. The van der Waals surface area contributed by atoms with E-state index >= 15 is 0 Å². The SMILES string of the molecule is COc1ccc(N(Cc2ccnc(-c3cc(OC)c(OC)c(OC)c3)c2)C2CCN(Cc3ccnc(-c4ccc(F)cc4)c3)CC2)cc1.Cl.Cl.Cl. The third kappa shape index (κ3) is 9.95.